The molecule has 22 heavy (non-hydrogen) atoms. The Kier molecular flexibility index (Phi) is 5.19. The summed E-state index contributed by atoms with van der Waals surface area (Å²) in [5.41, 5.74) is 1.36. The third-order valence-corrected chi connectivity index (χ3v) is 5.54. The van der Waals surface area contributed by atoms with Crippen LogP contribution in [0.1, 0.15) is 51.4 Å². The van der Waals surface area contributed by atoms with E-state index in [1.165, 1.54) is 18.4 Å². The molecule has 2 heterocycles. The van der Waals surface area contributed by atoms with E-state index in [-0.39, 0.29) is 11.5 Å². The third kappa shape index (κ3) is 3.38. The highest BCUT2D eigenvalue weighted by Gasteiger charge is 2.46. The van der Waals surface area contributed by atoms with Crippen molar-refractivity contribution in [1.29, 1.82) is 0 Å². The first kappa shape index (κ1) is 16.0. The molecule has 0 aromatic rings. The highest BCUT2D eigenvalue weighted by molar-refractivity contribution is 5.79. The molecule has 1 amide bonds. The zero-order valence-corrected chi connectivity index (χ0v) is 13.8. The van der Waals surface area contributed by atoms with Gasteiger partial charge in [0, 0.05) is 38.6 Å². The van der Waals surface area contributed by atoms with Crippen molar-refractivity contribution in [2.75, 3.05) is 33.4 Å². The minimum absolute atomic E-state index is 0.0157. The van der Waals surface area contributed by atoms with Crippen molar-refractivity contribution in [2.45, 2.75) is 57.5 Å². The summed E-state index contributed by atoms with van der Waals surface area (Å²) < 4.78 is 11.5. The summed E-state index contributed by atoms with van der Waals surface area (Å²) in [7, 11) is 1.76. The van der Waals surface area contributed by atoms with Crippen molar-refractivity contribution in [3.63, 3.8) is 0 Å². The Labute approximate surface area is 133 Å². The lowest BCUT2D eigenvalue weighted by Gasteiger charge is -2.50. The van der Waals surface area contributed by atoms with Gasteiger partial charge < -0.3 is 14.4 Å². The molecule has 2 unspecified atom stereocenters. The van der Waals surface area contributed by atoms with Crippen LogP contribution < -0.4 is 0 Å². The second-order valence-corrected chi connectivity index (χ2v) is 7.15. The lowest BCUT2D eigenvalue weighted by atomic mass is 9.73. The number of fused-ring (bicyclic) bond motifs is 1. The highest BCUT2D eigenvalue weighted by Crippen LogP contribution is 2.40. The van der Waals surface area contributed by atoms with Gasteiger partial charge in [0.05, 0.1) is 12.7 Å². The number of ether oxygens (including phenoxy) is 2. The number of hydrogen-bond donors (Lipinski definition) is 0. The van der Waals surface area contributed by atoms with Gasteiger partial charge >= 0.3 is 0 Å². The number of methoxy groups -OCH3 is 1. The van der Waals surface area contributed by atoms with Crippen LogP contribution in [0.3, 0.4) is 0 Å². The fourth-order valence-electron chi connectivity index (χ4n) is 4.37. The zero-order valence-electron chi connectivity index (χ0n) is 13.8. The van der Waals surface area contributed by atoms with Crippen molar-refractivity contribution < 1.29 is 14.3 Å². The summed E-state index contributed by atoms with van der Waals surface area (Å²) in [6.45, 7) is 3.20. The molecule has 3 rings (SSSR count). The number of carbonyl (C=O) groups excluding carboxylic acids is 1. The summed E-state index contributed by atoms with van der Waals surface area (Å²) >= 11 is 0. The van der Waals surface area contributed by atoms with Crippen molar-refractivity contribution in [3.8, 4) is 0 Å². The first-order valence-electron chi connectivity index (χ1n) is 8.80. The fourth-order valence-corrected chi connectivity index (χ4v) is 4.37. The third-order valence-electron chi connectivity index (χ3n) is 5.54. The topological polar surface area (TPSA) is 38.8 Å². The number of nitrogens with zero attached hydrogens (tertiary/aromatic N) is 1. The van der Waals surface area contributed by atoms with Gasteiger partial charge in [-0.2, -0.15) is 0 Å². The van der Waals surface area contributed by atoms with Crippen LogP contribution in [0.2, 0.25) is 0 Å². The molecule has 0 radical (unpaired) electrons. The summed E-state index contributed by atoms with van der Waals surface area (Å²) in [5, 5.41) is 0. The molecule has 0 spiro atoms. The molecule has 2 aliphatic heterocycles. The average molecular weight is 307 g/mol. The maximum absolute atomic E-state index is 12.7. The van der Waals surface area contributed by atoms with Crippen molar-refractivity contribution in [1.82, 2.24) is 4.90 Å². The molecule has 124 valence electrons. The molecule has 4 nitrogen and oxygen atoms in total. The van der Waals surface area contributed by atoms with Gasteiger partial charge in [-0.25, -0.2) is 0 Å². The Morgan fingerprint density at radius 2 is 2.36 bits per heavy atom. The molecule has 0 saturated carbocycles. The molecule has 0 aromatic carbocycles. The number of allylic oxidation sites excluding steroid dienone is 1. The summed E-state index contributed by atoms with van der Waals surface area (Å²) in [4.78, 5) is 14.8. The molecule has 2 saturated heterocycles. The number of likely N-dealkylation sites (tertiary alicyclic amines) is 1. The molecule has 0 bridgehead atoms. The van der Waals surface area contributed by atoms with E-state index in [1.54, 1.807) is 7.11 Å². The van der Waals surface area contributed by atoms with Crippen LogP contribution in [0.5, 0.6) is 0 Å². The van der Waals surface area contributed by atoms with E-state index in [2.05, 4.69) is 11.0 Å². The van der Waals surface area contributed by atoms with Gasteiger partial charge in [0.1, 0.15) is 0 Å². The molecular weight excluding hydrogens is 278 g/mol. The van der Waals surface area contributed by atoms with Gasteiger partial charge in [0.25, 0.3) is 0 Å². The molecule has 2 fully saturated rings. The number of piperidine rings is 1. The molecule has 3 aliphatic rings. The molecule has 0 aromatic heterocycles. The van der Waals surface area contributed by atoms with Gasteiger partial charge in [-0.15, -0.1) is 0 Å². The van der Waals surface area contributed by atoms with Crippen LogP contribution in [-0.2, 0) is 14.3 Å². The lowest BCUT2D eigenvalue weighted by molar-refractivity contribution is -0.161. The maximum Gasteiger partial charge on any atom is 0.226 e. The second-order valence-electron chi connectivity index (χ2n) is 7.15. The number of carbonyl (C=O) groups is 1. The van der Waals surface area contributed by atoms with Crippen molar-refractivity contribution >= 4 is 5.91 Å². The number of hydrogen-bond acceptors (Lipinski definition) is 3. The highest BCUT2D eigenvalue weighted by atomic mass is 16.5. The Hall–Kier alpha value is -0.870. The second kappa shape index (κ2) is 7.14. The van der Waals surface area contributed by atoms with E-state index in [0.29, 0.717) is 18.9 Å². The quantitative estimate of drug-likeness (QED) is 0.750. The summed E-state index contributed by atoms with van der Waals surface area (Å²) in [6, 6.07) is 0. The van der Waals surface area contributed by atoms with Gasteiger partial charge in [0.2, 0.25) is 5.91 Å². The van der Waals surface area contributed by atoms with Crippen LogP contribution >= 0.6 is 0 Å². The van der Waals surface area contributed by atoms with E-state index in [1.807, 2.05) is 0 Å². The first-order valence-corrected chi connectivity index (χ1v) is 8.80. The predicted molar refractivity (Wildman–Crippen MR) is 85.6 cm³/mol. The Balaban J connectivity index is 1.64. The monoisotopic (exact) mass is 307 g/mol. The lowest BCUT2D eigenvalue weighted by Crippen LogP contribution is -2.58. The van der Waals surface area contributed by atoms with E-state index < -0.39 is 0 Å². The smallest absolute Gasteiger partial charge is 0.226 e. The number of amides is 1. The largest absolute Gasteiger partial charge is 0.384 e. The standard InChI is InChI=1S/C18H29NO3/c1-21-14-18-9-5-11-22-16(18)8-10-19(13-18)17(20)12-15-6-3-2-4-7-15/h6,16H,2-5,7-14H2,1H3. The Morgan fingerprint density at radius 3 is 3.14 bits per heavy atom. The van der Waals surface area contributed by atoms with Crippen LogP contribution in [0.4, 0.5) is 0 Å². The molecule has 0 N–H and O–H groups in total. The Morgan fingerprint density at radius 1 is 1.45 bits per heavy atom. The molecule has 2 atom stereocenters. The van der Waals surface area contributed by atoms with E-state index in [9.17, 15) is 4.79 Å². The minimum atomic E-state index is 0.0157. The molecule has 1 aliphatic carbocycles. The SMILES string of the molecule is COCC12CCCOC1CCN(C(=O)CC1=CCCCC1)C2. The average Bonchev–Trinajstić information content (AvgIpc) is 2.55. The number of rotatable bonds is 4. The predicted octanol–water partition coefficient (Wildman–Crippen LogP) is 2.92. The first-order chi connectivity index (χ1) is 10.7. The minimum Gasteiger partial charge on any atom is -0.384 e. The van der Waals surface area contributed by atoms with Gasteiger partial charge in [-0.05, 0) is 44.9 Å². The summed E-state index contributed by atoms with van der Waals surface area (Å²) in [5.74, 6) is 0.299. The molecule has 4 heteroatoms. The van der Waals surface area contributed by atoms with Crippen LogP contribution in [0.25, 0.3) is 0 Å². The van der Waals surface area contributed by atoms with E-state index >= 15 is 0 Å². The van der Waals surface area contributed by atoms with E-state index in [0.717, 1.165) is 51.8 Å². The maximum atomic E-state index is 12.7. The van der Waals surface area contributed by atoms with E-state index in [4.69, 9.17) is 9.47 Å². The Bertz CT molecular complexity index is 430. The van der Waals surface area contributed by atoms with Crippen molar-refractivity contribution in [3.05, 3.63) is 11.6 Å². The van der Waals surface area contributed by atoms with Gasteiger partial charge in [-0.1, -0.05) is 11.6 Å². The van der Waals surface area contributed by atoms with Crippen molar-refractivity contribution in [2.24, 2.45) is 5.41 Å². The van der Waals surface area contributed by atoms with Crippen LogP contribution in [0, 0.1) is 5.41 Å². The fraction of sp³-hybridized carbons (Fsp3) is 0.833. The summed E-state index contributed by atoms with van der Waals surface area (Å²) in [6.07, 6.45) is 11.1. The van der Waals surface area contributed by atoms with Gasteiger partial charge in [-0.3, -0.25) is 4.79 Å². The zero-order chi connectivity index (χ0) is 15.4. The normalized spacial score (nSPS) is 32.3. The molecular formula is C18H29NO3. The van der Waals surface area contributed by atoms with Crippen LogP contribution in [-0.4, -0.2) is 50.3 Å². The van der Waals surface area contributed by atoms with Gasteiger partial charge in [0.15, 0.2) is 0 Å². The van der Waals surface area contributed by atoms with Crippen LogP contribution in [0.15, 0.2) is 11.6 Å².